The van der Waals surface area contributed by atoms with Crippen molar-refractivity contribution >= 4 is 21.6 Å². The number of nitrogens with zero attached hydrogens (tertiary/aromatic N) is 1. The molecule has 0 amide bonds. The number of hydrogen-bond donors (Lipinski definition) is 1. The predicted octanol–water partition coefficient (Wildman–Crippen LogP) is 2.16. The first-order chi connectivity index (χ1) is 11.9. The second-order valence-electron chi connectivity index (χ2n) is 5.56. The maximum absolute atomic E-state index is 12.8. The molecule has 7 nitrogen and oxygen atoms in total. The van der Waals surface area contributed by atoms with Gasteiger partial charge in [-0.25, -0.2) is 8.42 Å². The summed E-state index contributed by atoms with van der Waals surface area (Å²) in [6, 6.07) is 10.5. The molecular weight excluding hydrogens is 346 g/mol. The quantitative estimate of drug-likeness (QED) is 0.619. The van der Waals surface area contributed by atoms with Crippen LogP contribution in [0.15, 0.2) is 53.1 Å². The fourth-order valence-electron chi connectivity index (χ4n) is 2.85. The average Bonchev–Trinajstić information content (AvgIpc) is 3.08. The first-order valence-corrected chi connectivity index (χ1v) is 8.81. The summed E-state index contributed by atoms with van der Waals surface area (Å²) >= 11 is 0. The van der Waals surface area contributed by atoms with Crippen molar-refractivity contribution in [2.24, 2.45) is 0 Å². The van der Waals surface area contributed by atoms with Gasteiger partial charge in [0.1, 0.15) is 5.70 Å². The fourth-order valence-corrected chi connectivity index (χ4v) is 4.25. The Kier molecular flexibility index (Phi) is 3.26. The number of carbonyl (C=O) groups excluding carboxylic acids is 1. The van der Waals surface area contributed by atoms with Crippen LogP contribution in [0.4, 0.5) is 0 Å². The smallest absolute Gasteiger partial charge is 0.265 e. The highest BCUT2D eigenvalue weighted by atomic mass is 32.2. The van der Waals surface area contributed by atoms with E-state index >= 15 is 0 Å². The number of Topliss-reactive ketones (excluding diaryl/α,β-unsaturated/α-hetero) is 1. The van der Waals surface area contributed by atoms with E-state index < -0.39 is 21.6 Å². The van der Waals surface area contributed by atoms with Gasteiger partial charge in [-0.3, -0.25) is 9.10 Å². The van der Waals surface area contributed by atoms with Gasteiger partial charge >= 0.3 is 0 Å². The van der Waals surface area contributed by atoms with Crippen LogP contribution in [-0.4, -0.2) is 37.5 Å². The Morgan fingerprint density at radius 3 is 2.64 bits per heavy atom. The van der Waals surface area contributed by atoms with E-state index in [9.17, 15) is 18.3 Å². The van der Waals surface area contributed by atoms with Crippen LogP contribution in [-0.2, 0) is 10.0 Å². The third-order valence-corrected chi connectivity index (χ3v) is 5.99. The third-order valence-electron chi connectivity index (χ3n) is 4.17. The summed E-state index contributed by atoms with van der Waals surface area (Å²) in [5, 5.41) is 10.6. The zero-order valence-corrected chi connectivity index (χ0v) is 13.9. The molecule has 0 spiro atoms. The van der Waals surface area contributed by atoms with Gasteiger partial charge in [0.25, 0.3) is 10.0 Å². The van der Waals surface area contributed by atoms with Gasteiger partial charge in [-0.2, -0.15) is 0 Å². The number of ketones is 1. The molecule has 2 aliphatic heterocycles. The lowest BCUT2D eigenvalue weighted by molar-refractivity contribution is 0.100. The zero-order chi connectivity index (χ0) is 17.8. The molecule has 0 aliphatic carbocycles. The lowest BCUT2D eigenvalue weighted by atomic mass is 10.0. The van der Waals surface area contributed by atoms with Crippen molar-refractivity contribution < 1.29 is 27.8 Å². The molecule has 2 heterocycles. The van der Waals surface area contributed by atoms with Crippen molar-refractivity contribution in [3.05, 3.63) is 59.3 Å². The van der Waals surface area contributed by atoms with Crippen LogP contribution >= 0.6 is 0 Å². The van der Waals surface area contributed by atoms with E-state index in [-0.39, 0.29) is 28.5 Å². The SMILES string of the molecule is CN1C(=C(O)c2ccc3c(c2)OCO3)C(=O)c2ccccc2S1(=O)=O. The summed E-state index contributed by atoms with van der Waals surface area (Å²) in [6.07, 6.45) is 0. The minimum Gasteiger partial charge on any atom is -0.505 e. The Balaban J connectivity index is 1.92. The van der Waals surface area contributed by atoms with Crippen molar-refractivity contribution in [1.29, 1.82) is 0 Å². The molecule has 0 unspecified atom stereocenters. The molecule has 2 aromatic rings. The maximum atomic E-state index is 12.8. The van der Waals surface area contributed by atoms with Crippen LogP contribution in [0.1, 0.15) is 15.9 Å². The van der Waals surface area contributed by atoms with Gasteiger partial charge in [-0.15, -0.1) is 0 Å². The summed E-state index contributed by atoms with van der Waals surface area (Å²) in [6.45, 7) is 0.0662. The van der Waals surface area contributed by atoms with Crippen LogP contribution in [0.3, 0.4) is 0 Å². The highest BCUT2D eigenvalue weighted by Crippen LogP contribution is 2.37. The molecule has 25 heavy (non-hydrogen) atoms. The number of carbonyl (C=O) groups is 1. The Morgan fingerprint density at radius 2 is 1.84 bits per heavy atom. The number of likely N-dealkylation sites (N-methyl/N-ethyl adjacent to an activating group) is 1. The number of allylic oxidation sites excluding steroid dienone is 1. The average molecular weight is 359 g/mol. The minimum absolute atomic E-state index is 0.0305. The first kappa shape index (κ1) is 15.5. The summed E-state index contributed by atoms with van der Waals surface area (Å²) in [4.78, 5) is 12.7. The normalized spacial score (nSPS) is 19.6. The summed E-state index contributed by atoms with van der Waals surface area (Å²) in [5.74, 6) is -0.0753. The molecule has 1 N–H and O–H groups in total. The molecular formula is C17H13NO6S. The van der Waals surface area contributed by atoms with Gasteiger partial charge in [0.2, 0.25) is 12.6 Å². The molecule has 4 rings (SSSR count). The van der Waals surface area contributed by atoms with Crippen molar-refractivity contribution in [2.75, 3.05) is 13.8 Å². The monoisotopic (exact) mass is 359 g/mol. The standard InChI is InChI=1S/C17H13NO6S/c1-18-15(16(19)10-6-7-12-13(8-10)24-9-23-12)17(20)11-4-2-3-5-14(11)25(18,21)22/h2-8,19H,9H2,1H3. The first-order valence-electron chi connectivity index (χ1n) is 7.37. The molecule has 0 fully saturated rings. The van der Waals surface area contributed by atoms with Crippen LogP contribution in [0, 0.1) is 0 Å². The van der Waals surface area contributed by atoms with E-state index in [1.165, 1.54) is 31.3 Å². The second kappa shape index (κ2) is 5.25. The summed E-state index contributed by atoms with van der Waals surface area (Å²) in [7, 11) is -2.69. The fraction of sp³-hybridized carbons (Fsp3) is 0.118. The van der Waals surface area contributed by atoms with Crippen molar-refractivity contribution in [1.82, 2.24) is 4.31 Å². The number of fused-ring (bicyclic) bond motifs is 2. The third kappa shape index (κ3) is 2.18. The van der Waals surface area contributed by atoms with Crippen LogP contribution < -0.4 is 9.47 Å². The number of aliphatic hydroxyl groups excluding tert-OH is 1. The van der Waals surface area contributed by atoms with E-state index in [2.05, 4.69) is 0 Å². The van der Waals surface area contributed by atoms with Crippen molar-refractivity contribution in [2.45, 2.75) is 4.90 Å². The molecule has 0 aromatic heterocycles. The summed E-state index contributed by atoms with van der Waals surface area (Å²) in [5.41, 5.74) is -0.0190. The number of rotatable bonds is 1. The number of hydrogen-bond acceptors (Lipinski definition) is 6. The van der Waals surface area contributed by atoms with Crippen molar-refractivity contribution in [3.63, 3.8) is 0 Å². The number of sulfonamides is 1. The van der Waals surface area contributed by atoms with E-state index in [0.717, 1.165) is 4.31 Å². The highest BCUT2D eigenvalue weighted by Gasteiger charge is 2.39. The van der Waals surface area contributed by atoms with Gasteiger partial charge in [0, 0.05) is 18.2 Å². The molecule has 0 radical (unpaired) electrons. The van der Waals surface area contributed by atoms with Gasteiger partial charge in [0.05, 0.1) is 4.90 Å². The molecule has 128 valence electrons. The number of aliphatic hydroxyl groups is 1. The Morgan fingerprint density at radius 1 is 1.12 bits per heavy atom. The topological polar surface area (TPSA) is 93.1 Å². The maximum Gasteiger partial charge on any atom is 0.265 e. The van der Waals surface area contributed by atoms with Gasteiger partial charge in [-0.1, -0.05) is 12.1 Å². The van der Waals surface area contributed by atoms with E-state index in [0.29, 0.717) is 11.5 Å². The van der Waals surface area contributed by atoms with Gasteiger partial charge in [-0.05, 0) is 30.3 Å². The number of ether oxygens (including phenoxy) is 2. The lowest BCUT2D eigenvalue weighted by Gasteiger charge is -2.28. The molecule has 2 aromatic carbocycles. The number of benzene rings is 2. The van der Waals surface area contributed by atoms with Crippen LogP contribution in [0.25, 0.3) is 5.76 Å². The summed E-state index contributed by atoms with van der Waals surface area (Å²) < 4.78 is 36.6. The Hall–Kier alpha value is -3.00. The minimum atomic E-state index is -3.93. The van der Waals surface area contributed by atoms with Crippen molar-refractivity contribution in [3.8, 4) is 11.5 Å². The molecule has 0 saturated carbocycles. The molecule has 0 saturated heterocycles. The van der Waals surface area contributed by atoms with Gasteiger partial charge in [0.15, 0.2) is 17.3 Å². The second-order valence-corrected chi connectivity index (χ2v) is 7.50. The van der Waals surface area contributed by atoms with Crippen LogP contribution in [0.2, 0.25) is 0 Å². The highest BCUT2D eigenvalue weighted by molar-refractivity contribution is 7.89. The molecule has 8 heteroatoms. The Labute approximate surface area is 143 Å². The zero-order valence-electron chi connectivity index (χ0n) is 13.1. The molecule has 0 bridgehead atoms. The lowest BCUT2D eigenvalue weighted by Crippen LogP contribution is -2.37. The van der Waals surface area contributed by atoms with E-state index in [1.54, 1.807) is 18.2 Å². The van der Waals surface area contributed by atoms with Gasteiger partial charge < -0.3 is 14.6 Å². The van der Waals surface area contributed by atoms with E-state index in [1.807, 2.05) is 0 Å². The predicted molar refractivity (Wildman–Crippen MR) is 87.8 cm³/mol. The molecule has 2 aliphatic rings. The Bertz CT molecular complexity index is 1040. The molecule has 0 atom stereocenters. The van der Waals surface area contributed by atoms with E-state index in [4.69, 9.17) is 9.47 Å². The van der Waals surface area contributed by atoms with Crippen LogP contribution in [0.5, 0.6) is 11.5 Å². The largest absolute Gasteiger partial charge is 0.505 e.